The van der Waals surface area contributed by atoms with Crippen LogP contribution in [0.2, 0.25) is 36.3 Å². The Bertz CT molecular complexity index is 1010. The van der Waals surface area contributed by atoms with Crippen LogP contribution in [0.4, 0.5) is 0 Å². The third-order valence-corrected chi connectivity index (χ3v) is 16.9. The van der Waals surface area contributed by atoms with E-state index in [1.165, 1.54) is 16.5 Å². The molecule has 1 heterocycles. The first kappa shape index (κ1) is 25.2. The van der Waals surface area contributed by atoms with Gasteiger partial charge in [0.05, 0.1) is 5.52 Å². The van der Waals surface area contributed by atoms with E-state index in [0.717, 1.165) is 17.9 Å². The quantitative estimate of drug-likeness (QED) is 0.325. The van der Waals surface area contributed by atoms with E-state index in [1.807, 2.05) is 0 Å². The number of allylic oxidation sites excluding steroid dienone is 1. The van der Waals surface area contributed by atoms with Crippen molar-refractivity contribution < 1.29 is 8.85 Å². The second kappa shape index (κ2) is 8.41. The van der Waals surface area contributed by atoms with Gasteiger partial charge in [-0.1, -0.05) is 60.6 Å². The highest BCUT2D eigenvalue weighted by Gasteiger charge is 2.40. The predicted molar refractivity (Wildman–Crippen MR) is 143 cm³/mol. The highest BCUT2D eigenvalue weighted by molar-refractivity contribution is 6.75. The summed E-state index contributed by atoms with van der Waals surface area (Å²) in [6, 6.07) is 6.44. The molecule has 2 atom stereocenters. The summed E-state index contributed by atoms with van der Waals surface area (Å²) in [5.74, 6) is 1.56. The number of aromatic nitrogens is 1. The van der Waals surface area contributed by atoms with Gasteiger partial charge in [-0.15, -0.1) is 0 Å². The second-order valence-corrected chi connectivity index (χ2v) is 22.1. The first-order chi connectivity index (χ1) is 14.5. The summed E-state index contributed by atoms with van der Waals surface area (Å²) in [4.78, 5) is 4.80. The van der Waals surface area contributed by atoms with Crippen molar-refractivity contribution in [1.29, 1.82) is 0 Å². The van der Waals surface area contributed by atoms with Gasteiger partial charge in [0.25, 0.3) is 0 Å². The molecule has 2 unspecified atom stereocenters. The van der Waals surface area contributed by atoms with Crippen LogP contribution in [0, 0.1) is 0 Å². The zero-order valence-electron chi connectivity index (χ0n) is 22.1. The third-order valence-electron chi connectivity index (χ3n) is 8.01. The van der Waals surface area contributed by atoms with Crippen molar-refractivity contribution in [2.45, 2.75) is 96.6 Å². The number of pyridine rings is 1. The Hall–Kier alpha value is -1.44. The predicted octanol–water partition coefficient (Wildman–Crippen LogP) is 8.40. The molecule has 3 nitrogen and oxygen atoms in total. The largest absolute Gasteiger partial charge is 0.543 e. The van der Waals surface area contributed by atoms with Crippen molar-refractivity contribution in [2.75, 3.05) is 6.61 Å². The van der Waals surface area contributed by atoms with Gasteiger partial charge in [-0.3, -0.25) is 4.98 Å². The molecule has 176 valence electrons. The Morgan fingerprint density at radius 2 is 1.53 bits per heavy atom. The lowest BCUT2D eigenvalue weighted by atomic mass is 9.82. The molecule has 0 aliphatic heterocycles. The van der Waals surface area contributed by atoms with E-state index in [4.69, 9.17) is 13.8 Å². The van der Waals surface area contributed by atoms with E-state index in [0.29, 0.717) is 5.92 Å². The summed E-state index contributed by atoms with van der Waals surface area (Å²) in [7, 11) is -3.74. The van der Waals surface area contributed by atoms with E-state index < -0.39 is 16.6 Å². The fourth-order valence-electron chi connectivity index (χ4n) is 3.65. The fraction of sp³-hybridized carbons (Fsp3) is 0.593. The van der Waals surface area contributed by atoms with Crippen molar-refractivity contribution >= 4 is 27.5 Å². The lowest BCUT2D eigenvalue weighted by Crippen LogP contribution is -2.43. The summed E-state index contributed by atoms with van der Waals surface area (Å²) in [6.07, 6.45) is 6.73. The molecule has 2 aromatic rings. The van der Waals surface area contributed by atoms with E-state index in [9.17, 15) is 0 Å². The molecule has 0 saturated heterocycles. The van der Waals surface area contributed by atoms with Gasteiger partial charge >= 0.3 is 0 Å². The van der Waals surface area contributed by atoms with Crippen molar-refractivity contribution in [3.05, 3.63) is 47.7 Å². The molecule has 1 aliphatic carbocycles. The second-order valence-electron chi connectivity index (χ2n) is 12.5. The van der Waals surface area contributed by atoms with Crippen molar-refractivity contribution in [3.63, 3.8) is 0 Å². The normalized spacial score (nSPS) is 19.8. The maximum absolute atomic E-state index is 6.67. The maximum Gasteiger partial charge on any atom is 0.250 e. The number of nitrogens with zero attached hydrogens (tertiary/aromatic N) is 1. The Balaban J connectivity index is 2.03. The van der Waals surface area contributed by atoms with Crippen LogP contribution < -0.4 is 4.43 Å². The minimum absolute atomic E-state index is 0.160. The zero-order chi connectivity index (χ0) is 24.1. The molecule has 0 saturated carbocycles. The SMILES string of the molecule is CC1C=CC(CO[Si](C)(C)C(C)(C)C)c2c1cnc1ccc(O[Si](C)(C)C(C)(C)C)cc21. The average Bonchev–Trinajstić information content (AvgIpc) is 2.65. The van der Waals surface area contributed by atoms with E-state index in [2.05, 4.69) is 111 Å². The smallest absolute Gasteiger partial charge is 0.250 e. The fourth-order valence-corrected chi connectivity index (χ4v) is 5.70. The molecule has 0 amide bonds. The molecule has 1 aromatic heterocycles. The van der Waals surface area contributed by atoms with Gasteiger partial charge in [-0.25, -0.2) is 0 Å². The van der Waals surface area contributed by atoms with Crippen LogP contribution in [0.5, 0.6) is 5.75 Å². The molecule has 1 aromatic carbocycles. The van der Waals surface area contributed by atoms with Crippen molar-refractivity contribution in [2.24, 2.45) is 0 Å². The van der Waals surface area contributed by atoms with Gasteiger partial charge in [0, 0.05) is 30.0 Å². The lowest BCUT2D eigenvalue weighted by molar-refractivity contribution is 0.277. The van der Waals surface area contributed by atoms with Crippen LogP contribution in [-0.4, -0.2) is 28.2 Å². The molecule has 0 radical (unpaired) electrons. The first-order valence-corrected chi connectivity index (χ1v) is 17.8. The summed E-state index contributed by atoms with van der Waals surface area (Å²) in [5.41, 5.74) is 3.71. The Labute approximate surface area is 197 Å². The van der Waals surface area contributed by atoms with Crippen LogP contribution in [0.3, 0.4) is 0 Å². The number of benzene rings is 1. The molecule has 32 heavy (non-hydrogen) atoms. The lowest BCUT2D eigenvalue weighted by Gasteiger charge is -2.38. The van der Waals surface area contributed by atoms with E-state index >= 15 is 0 Å². The van der Waals surface area contributed by atoms with Crippen LogP contribution in [0.1, 0.15) is 71.4 Å². The minimum atomic E-state index is -1.91. The van der Waals surface area contributed by atoms with Crippen molar-refractivity contribution in [1.82, 2.24) is 4.98 Å². The molecule has 3 rings (SSSR count). The zero-order valence-corrected chi connectivity index (χ0v) is 24.1. The van der Waals surface area contributed by atoms with Crippen molar-refractivity contribution in [3.8, 4) is 5.75 Å². The third kappa shape index (κ3) is 4.90. The summed E-state index contributed by atoms with van der Waals surface area (Å²) in [6.45, 7) is 26.0. The maximum atomic E-state index is 6.67. The van der Waals surface area contributed by atoms with Crippen LogP contribution in [-0.2, 0) is 4.43 Å². The highest BCUT2D eigenvalue weighted by Crippen LogP contribution is 2.43. The first-order valence-electron chi connectivity index (χ1n) is 12.0. The van der Waals surface area contributed by atoms with Gasteiger partial charge in [0.1, 0.15) is 5.75 Å². The van der Waals surface area contributed by atoms with Gasteiger partial charge < -0.3 is 8.85 Å². The highest BCUT2D eigenvalue weighted by atomic mass is 28.4. The van der Waals surface area contributed by atoms with Gasteiger partial charge in [-0.2, -0.15) is 0 Å². The summed E-state index contributed by atoms with van der Waals surface area (Å²) in [5, 5.41) is 1.57. The van der Waals surface area contributed by atoms with Crippen LogP contribution >= 0.6 is 0 Å². The summed E-state index contributed by atoms with van der Waals surface area (Å²) < 4.78 is 13.3. The topological polar surface area (TPSA) is 31.4 Å². The molecule has 0 fully saturated rings. The Kier molecular flexibility index (Phi) is 6.62. The molecule has 5 heteroatoms. The van der Waals surface area contributed by atoms with Crippen LogP contribution in [0.25, 0.3) is 10.9 Å². The molecule has 0 N–H and O–H groups in total. The van der Waals surface area contributed by atoms with Crippen LogP contribution in [0.15, 0.2) is 36.5 Å². The number of hydrogen-bond donors (Lipinski definition) is 0. The monoisotopic (exact) mass is 469 g/mol. The molecule has 1 aliphatic rings. The number of fused-ring (bicyclic) bond motifs is 3. The van der Waals surface area contributed by atoms with E-state index in [-0.39, 0.29) is 16.0 Å². The standard InChI is InChI=1S/C27H43NO2Si2/c1-19-12-13-20(18-29-31(8,9)26(2,3)4)25-22-16-21(30-32(10,11)27(5,6)7)14-15-24(22)28-17-23(19)25/h12-17,19-20H,18H2,1-11H3. The number of rotatable bonds is 5. The van der Waals surface area contributed by atoms with Gasteiger partial charge in [0.2, 0.25) is 8.32 Å². The Morgan fingerprint density at radius 3 is 2.12 bits per heavy atom. The summed E-state index contributed by atoms with van der Waals surface area (Å²) >= 11 is 0. The molecule has 0 bridgehead atoms. The average molecular weight is 470 g/mol. The Morgan fingerprint density at radius 1 is 0.906 bits per heavy atom. The van der Waals surface area contributed by atoms with E-state index in [1.54, 1.807) is 0 Å². The molecular weight excluding hydrogens is 426 g/mol. The number of hydrogen-bond acceptors (Lipinski definition) is 3. The minimum Gasteiger partial charge on any atom is -0.543 e. The molecular formula is C27H43NO2Si2. The molecule has 0 spiro atoms. The van der Waals surface area contributed by atoms with Gasteiger partial charge in [0.15, 0.2) is 8.32 Å². The van der Waals surface area contributed by atoms with Gasteiger partial charge in [-0.05, 0) is 65.6 Å².